The lowest BCUT2D eigenvalue weighted by Crippen LogP contribution is -2.40. The van der Waals surface area contributed by atoms with Gasteiger partial charge in [-0.05, 0) is 25.0 Å². The van der Waals surface area contributed by atoms with Crippen molar-refractivity contribution in [2.45, 2.75) is 37.6 Å². The number of aromatic nitrogens is 2. The first kappa shape index (κ1) is 11.7. The van der Waals surface area contributed by atoms with Crippen LogP contribution in [0.25, 0.3) is 11.0 Å². The molecule has 2 unspecified atom stereocenters. The molecule has 3 nitrogen and oxygen atoms in total. The Hall–Kier alpha value is -1.42. The van der Waals surface area contributed by atoms with Gasteiger partial charge in [0.15, 0.2) is 5.82 Å². The number of benzene rings is 1. The fourth-order valence-corrected chi connectivity index (χ4v) is 3.16. The molecule has 1 aromatic heterocycles. The maximum absolute atomic E-state index is 13.8. The molecule has 4 heteroatoms. The second kappa shape index (κ2) is 3.79. The Kier molecular flexibility index (Phi) is 2.45. The minimum Gasteiger partial charge on any atom is -0.331 e. The van der Waals surface area contributed by atoms with Crippen LogP contribution in [0, 0.1) is 5.82 Å². The van der Waals surface area contributed by atoms with Crippen molar-refractivity contribution >= 4 is 11.0 Å². The Morgan fingerprint density at radius 1 is 1.50 bits per heavy atom. The molecule has 1 aromatic carbocycles. The summed E-state index contributed by atoms with van der Waals surface area (Å²) in [5.74, 6) is 0.650. The molecule has 0 amide bonds. The van der Waals surface area contributed by atoms with Crippen LogP contribution < -0.4 is 5.73 Å². The molecular weight excluding hydrogens is 229 g/mol. The third-order valence-corrected chi connectivity index (χ3v) is 4.40. The fourth-order valence-electron chi connectivity index (χ4n) is 3.16. The number of halogens is 1. The minimum atomic E-state index is -0.260. The van der Waals surface area contributed by atoms with Crippen molar-refractivity contribution in [3.8, 4) is 0 Å². The van der Waals surface area contributed by atoms with Crippen molar-refractivity contribution in [2.24, 2.45) is 12.8 Å². The summed E-state index contributed by atoms with van der Waals surface area (Å²) in [5, 5.41) is 0. The first-order valence-corrected chi connectivity index (χ1v) is 6.41. The van der Waals surface area contributed by atoms with E-state index in [0.29, 0.717) is 5.52 Å². The molecule has 0 spiro atoms. The van der Waals surface area contributed by atoms with E-state index in [0.717, 1.165) is 30.6 Å². The monoisotopic (exact) mass is 247 g/mol. The van der Waals surface area contributed by atoms with Crippen LogP contribution in [-0.2, 0) is 12.5 Å². The van der Waals surface area contributed by atoms with E-state index in [1.807, 2.05) is 17.7 Å². The first-order chi connectivity index (χ1) is 8.54. The van der Waals surface area contributed by atoms with E-state index in [2.05, 4.69) is 11.9 Å². The molecule has 1 heterocycles. The van der Waals surface area contributed by atoms with Gasteiger partial charge in [-0.25, -0.2) is 9.37 Å². The summed E-state index contributed by atoms with van der Waals surface area (Å²) < 4.78 is 15.8. The second-order valence-electron chi connectivity index (χ2n) is 5.52. The summed E-state index contributed by atoms with van der Waals surface area (Å²) in [5.41, 5.74) is 7.38. The second-order valence-corrected chi connectivity index (χ2v) is 5.52. The topological polar surface area (TPSA) is 43.8 Å². The molecule has 2 N–H and O–H groups in total. The maximum Gasteiger partial charge on any atom is 0.151 e. The maximum atomic E-state index is 13.8. The predicted molar refractivity (Wildman–Crippen MR) is 69.9 cm³/mol. The Balaban J connectivity index is 2.24. The van der Waals surface area contributed by atoms with Gasteiger partial charge in [-0.15, -0.1) is 0 Å². The predicted octanol–water partition coefficient (Wildman–Crippen LogP) is 2.48. The number of hydrogen-bond acceptors (Lipinski definition) is 2. The highest BCUT2D eigenvalue weighted by Gasteiger charge is 2.41. The summed E-state index contributed by atoms with van der Waals surface area (Å²) in [6.45, 7) is 2.14. The Morgan fingerprint density at radius 2 is 2.28 bits per heavy atom. The number of hydrogen-bond donors (Lipinski definition) is 1. The molecule has 2 aromatic rings. The zero-order valence-electron chi connectivity index (χ0n) is 10.8. The summed E-state index contributed by atoms with van der Waals surface area (Å²) in [6.07, 6.45) is 3.15. The molecule has 1 fully saturated rings. The molecule has 0 aliphatic heterocycles. The average molecular weight is 247 g/mol. The van der Waals surface area contributed by atoms with Crippen LogP contribution in [0.3, 0.4) is 0 Å². The van der Waals surface area contributed by atoms with Gasteiger partial charge < -0.3 is 10.3 Å². The van der Waals surface area contributed by atoms with Crippen LogP contribution in [0.15, 0.2) is 18.2 Å². The number of nitrogens with zero attached hydrogens (tertiary/aromatic N) is 2. The van der Waals surface area contributed by atoms with Crippen LogP contribution in [0.4, 0.5) is 4.39 Å². The zero-order chi connectivity index (χ0) is 12.9. The molecule has 3 rings (SSSR count). The highest BCUT2D eigenvalue weighted by atomic mass is 19.1. The van der Waals surface area contributed by atoms with Crippen molar-refractivity contribution in [3.63, 3.8) is 0 Å². The SMILES string of the molecule is Cn1c(C2(C)CCCC2N)nc2c(F)cccc21. The van der Waals surface area contributed by atoms with Gasteiger partial charge in [0.25, 0.3) is 0 Å². The van der Waals surface area contributed by atoms with E-state index in [9.17, 15) is 4.39 Å². The van der Waals surface area contributed by atoms with Crippen LogP contribution in [0.5, 0.6) is 0 Å². The third kappa shape index (κ3) is 1.42. The van der Waals surface area contributed by atoms with E-state index in [-0.39, 0.29) is 17.3 Å². The quantitative estimate of drug-likeness (QED) is 0.841. The Bertz CT molecular complexity index is 604. The summed E-state index contributed by atoms with van der Waals surface area (Å²) >= 11 is 0. The van der Waals surface area contributed by atoms with Gasteiger partial charge in [-0.1, -0.05) is 19.4 Å². The van der Waals surface area contributed by atoms with E-state index in [4.69, 9.17) is 5.73 Å². The van der Waals surface area contributed by atoms with E-state index in [1.165, 1.54) is 6.07 Å². The van der Waals surface area contributed by atoms with Gasteiger partial charge in [0.1, 0.15) is 11.3 Å². The van der Waals surface area contributed by atoms with Crippen molar-refractivity contribution in [1.29, 1.82) is 0 Å². The third-order valence-electron chi connectivity index (χ3n) is 4.40. The lowest BCUT2D eigenvalue weighted by Gasteiger charge is -2.28. The van der Waals surface area contributed by atoms with Gasteiger partial charge in [-0.3, -0.25) is 0 Å². The molecule has 1 aliphatic rings. The number of para-hydroxylation sites is 1. The molecule has 2 atom stereocenters. The Morgan fingerprint density at radius 3 is 2.89 bits per heavy atom. The lowest BCUT2D eigenvalue weighted by molar-refractivity contribution is 0.395. The van der Waals surface area contributed by atoms with Crippen LogP contribution in [0.1, 0.15) is 32.0 Å². The molecule has 1 aliphatic carbocycles. The minimum absolute atomic E-state index is 0.107. The van der Waals surface area contributed by atoms with Crippen molar-refractivity contribution < 1.29 is 4.39 Å². The summed E-state index contributed by atoms with van der Waals surface area (Å²) in [4.78, 5) is 4.52. The Labute approximate surface area is 106 Å². The van der Waals surface area contributed by atoms with Crippen LogP contribution >= 0.6 is 0 Å². The molecule has 18 heavy (non-hydrogen) atoms. The highest BCUT2D eigenvalue weighted by molar-refractivity contribution is 5.76. The van der Waals surface area contributed by atoms with Crippen molar-refractivity contribution in [1.82, 2.24) is 9.55 Å². The van der Waals surface area contributed by atoms with E-state index >= 15 is 0 Å². The standard InChI is InChI=1S/C14H18FN3/c1-14(8-4-7-11(14)16)13-17-12-9(15)5-3-6-10(12)18(13)2/h3,5-6,11H,4,7-8,16H2,1-2H3. The number of imidazole rings is 1. The average Bonchev–Trinajstić information content (AvgIpc) is 2.84. The van der Waals surface area contributed by atoms with Crippen molar-refractivity contribution in [3.05, 3.63) is 29.8 Å². The molecule has 96 valence electrons. The van der Waals surface area contributed by atoms with Gasteiger partial charge in [0, 0.05) is 18.5 Å². The van der Waals surface area contributed by atoms with E-state index in [1.54, 1.807) is 6.07 Å². The van der Waals surface area contributed by atoms with Crippen LogP contribution in [0.2, 0.25) is 0 Å². The summed E-state index contributed by atoms with van der Waals surface area (Å²) in [6, 6.07) is 5.19. The molecule has 0 bridgehead atoms. The smallest absolute Gasteiger partial charge is 0.151 e. The fraction of sp³-hybridized carbons (Fsp3) is 0.500. The van der Waals surface area contributed by atoms with Crippen LogP contribution in [-0.4, -0.2) is 15.6 Å². The van der Waals surface area contributed by atoms with Crippen molar-refractivity contribution in [2.75, 3.05) is 0 Å². The zero-order valence-corrected chi connectivity index (χ0v) is 10.8. The largest absolute Gasteiger partial charge is 0.331 e. The normalized spacial score (nSPS) is 28.1. The molecule has 0 saturated heterocycles. The number of nitrogens with two attached hydrogens (primary N) is 1. The van der Waals surface area contributed by atoms with Gasteiger partial charge in [0.05, 0.1) is 5.52 Å². The van der Waals surface area contributed by atoms with E-state index < -0.39 is 0 Å². The van der Waals surface area contributed by atoms with Gasteiger partial charge in [0.2, 0.25) is 0 Å². The van der Waals surface area contributed by atoms with Gasteiger partial charge >= 0.3 is 0 Å². The number of aryl methyl sites for hydroxylation is 1. The number of rotatable bonds is 1. The molecular formula is C14H18FN3. The summed E-state index contributed by atoms with van der Waals surface area (Å²) in [7, 11) is 1.94. The van der Waals surface area contributed by atoms with Gasteiger partial charge in [-0.2, -0.15) is 0 Å². The molecule has 0 radical (unpaired) electrons. The number of fused-ring (bicyclic) bond motifs is 1. The highest BCUT2D eigenvalue weighted by Crippen LogP contribution is 2.40. The lowest BCUT2D eigenvalue weighted by atomic mass is 9.84. The molecule has 1 saturated carbocycles. The first-order valence-electron chi connectivity index (χ1n) is 6.41.